The second-order valence-corrected chi connectivity index (χ2v) is 6.86. The zero-order valence-electron chi connectivity index (χ0n) is 12.2. The van der Waals surface area contributed by atoms with Gasteiger partial charge in [-0.05, 0) is 31.2 Å². The monoisotopic (exact) mass is 317 g/mol. The Hall–Kier alpha value is -0.680. The third-order valence-corrected chi connectivity index (χ3v) is 4.95. The Morgan fingerprint density at radius 2 is 1.86 bits per heavy atom. The maximum absolute atomic E-state index is 12.4. The van der Waals surface area contributed by atoms with Gasteiger partial charge in [0.2, 0.25) is 0 Å². The van der Waals surface area contributed by atoms with Crippen LogP contribution in [0.1, 0.15) is 38.2 Å². The highest BCUT2D eigenvalue weighted by Gasteiger charge is 2.35. The Bertz CT molecular complexity index is 431. The lowest BCUT2D eigenvalue weighted by Crippen LogP contribution is -2.39. The molecule has 1 N–H and O–H groups in total. The summed E-state index contributed by atoms with van der Waals surface area (Å²) in [5.41, 5.74) is -3.20. The van der Waals surface area contributed by atoms with Crippen LogP contribution in [0.3, 0.4) is 0 Å². The van der Waals surface area contributed by atoms with Gasteiger partial charge in [0.05, 0.1) is 0 Å². The molecule has 1 saturated carbocycles. The first-order chi connectivity index (χ1) is 9.95. The van der Waals surface area contributed by atoms with Gasteiger partial charge in [-0.2, -0.15) is 13.2 Å². The number of thioether (sulfide) groups is 1. The summed E-state index contributed by atoms with van der Waals surface area (Å²) in [5, 5.41) is 3.50. The summed E-state index contributed by atoms with van der Waals surface area (Å²) in [7, 11) is 0. The molecule has 0 heterocycles. The smallest absolute Gasteiger partial charge is 0.313 e. The van der Waals surface area contributed by atoms with Gasteiger partial charge in [0, 0.05) is 23.8 Å². The standard InChI is InChI=1S/C16H22F3NS/c1-2-15(12-20-14-8-9-14,10-11-21-16(17,18)19)13-6-4-3-5-7-13/h3-7,14,20H,2,8-12H2,1H3. The predicted molar refractivity (Wildman–Crippen MR) is 82.6 cm³/mol. The average molecular weight is 317 g/mol. The van der Waals surface area contributed by atoms with Gasteiger partial charge in [-0.3, -0.25) is 0 Å². The molecule has 1 atom stereocenters. The number of hydrogen-bond acceptors (Lipinski definition) is 2. The van der Waals surface area contributed by atoms with Crippen LogP contribution in [0.25, 0.3) is 0 Å². The zero-order valence-corrected chi connectivity index (χ0v) is 13.1. The largest absolute Gasteiger partial charge is 0.441 e. The van der Waals surface area contributed by atoms with E-state index in [0.717, 1.165) is 18.5 Å². The van der Waals surface area contributed by atoms with Crippen molar-refractivity contribution in [1.82, 2.24) is 5.32 Å². The van der Waals surface area contributed by atoms with E-state index in [1.807, 2.05) is 30.3 Å². The van der Waals surface area contributed by atoms with Crippen molar-refractivity contribution in [3.05, 3.63) is 35.9 Å². The van der Waals surface area contributed by atoms with Crippen LogP contribution in [-0.4, -0.2) is 23.8 Å². The van der Waals surface area contributed by atoms with Crippen LogP contribution in [0.5, 0.6) is 0 Å². The topological polar surface area (TPSA) is 12.0 Å². The maximum Gasteiger partial charge on any atom is 0.441 e. The predicted octanol–water partition coefficient (Wildman–Crippen LogP) is 4.73. The van der Waals surface area contributed by atoms with Gasteiger partial charge >= 0.3 is 5.51 Å². The molecule has 118 valence electrons. The highest BCUT2D eigenvalue weighted by molar-refractivity contribution is 8.00. The van der Waals surface area contributed by atoms with Crippen molar-refractivity contribution in [3.63, 3.8) is 0 Å². The number of nitrogens with one attached hydrogen (secondary N) is 1. The molecule has 0 radical (unpaired) electrons. The molecular weight excluding hydrogens is 295 g/mol. The molecule has 1 unspecified atom stereocenters. The van der Waals surface area contributed by atoms with Crippen LogP contribution >= 0.6 is 11.8 Å². The van der Waals surface area contributed by atoms with E-state index in [1.54, 1.807) is 0 Å². The lowest BCUT2D eigenvalue weighted by molar-refractivity contribution is -0.0328. The van der Waals surface area contributed by atoms with Crippen molar-refractivity contribution in [3.8, 4) is 0 Å². The fraction of sp³-hybridized carbons (Fsp3) is 0.625. The Kier molecular flexibility index (Phi) is 5.60. The minimum Gasteiger partial charge on any atom is -0.313 e. The third-order valence-electron chi connectivity index (χ3n) is 4.22. The van der Waals surface area contributed by atoms with Crippen LogP contribution in [0.15, 0.2) is 30.3 Å². The maximum atomic E-state index is 12.4. The van der Waals surface area contributed by atoms with E-state index in [1.165, 1.54) is 12.8 Å². The highest BCUT2D eigenvalue weighted by Crippen LogP contribution is 2.37. The molecule has 0 saturated heterocycles. The molecule has 1 aliphatic rings. The molecule has 1 aromatic rings. The number of benzene rings is 1. The van der Waals surface area contributed by atoms with Gasteiger partial charge in [0.25, 0.3) is 0 Å². The van der Waals surface area contributed by atoms with E-state index in [0.29, 0.717) is 12.5 Å². The van der Waals surface area contributed by atoms with Crippen LogP contribution in [0.4, 0.5) is 13.2 Å². The van der Waals surface area contributed by atoms with E-state index in [2.05, 4.69) is 12.2 Å². The van der Waals surface area contributed by atoms with Crippen molar-refractivity contribution < 1.29 is 13.2 Å². The van der Waals surface area contributed by atoms with E-state index in [-0.39, 0.29) is 22.9 Å². The fourth-order valence-electron chi connectivity index (χ4n) is 2.62. The summed E-state index contributed by atoms with van der Waals surface area (Å²) in [6.45, 7) is 2.83. The van der Waals surface area contributed by atoms with Crippen LogP contribution in [0, 0.1) is 0 Å². The normalized spacial score (nSPS) is 18.5. The van der Waals surface area contributed by atoms with Crippen LogP contribution in [-0.2, 0) is 5.41 Å². The number of rotatable bonds is 8. The summed E-state index contributed by atoms with van der Waals surface area (Å²) in [6, 6.07) is 10.5. The molecule has 0 spiro atoms. The zero-order chi connectivity index (χ0) is 15.3. The van der Waals surface area contributed by atoms with Gasteiger partial charge in [-0.15, -0.1) is 0 Å². The molecule has 1 fully saturated rings. The van der Waals surface area contributed by atoms with Crippen molar-refractivity contribution in [2.45, 2.75) is 49.6 Å². The first kappa shape index (κ1) is 16.7. The quantitative estimate of drug-likeness (QED) is 0.744. The molecule has 0 aromatic heterocycles. The van der Waals surface area contributed by atoms with Gasteiger partial charge in [0.1, 0.15) is 0 Å². The van der Waals surface area contributed by atoms with Crippen molar-refractivity contribution in [2.24, 2.45) is 0 Å². The second-order valence-electron chi connectivity index (χ2n) is 5.70. The van der Waals surface area contributed by atoms with Gasteiger partial charge in [-0.25, -0.2) is 0 Å². The molecule has 1 nitrogen and oxygen atoms in total. The van der Waals surface area contributed by atoms with E-state index >= 15 is 0 Å². The van der Waals surface area contributed by atoms with Crippen molar-refractivity contribution >= 4 is 11.8 Å². The molecule has 0 aliphatic heterocycles. The molecular formula is C16H22F3NS. The summed E-state index contributed by atoms with van der Waals surface area (Å²) in [5.74, 6) is 0.110. The first-order valence-corrected chi connectivity index (χ1v) is 8.43. The Labute approximate surface area is 128 Å². The molecule has 0 bridgehead atoms. The van der Waals surface area contributed by atoms with Crippen LogP contribution in [0.2, 0.25) is 0 Å². The third kappa shape index (κ3) is 5.22. The van der Waals surface area contributed by atoms with Crippen molar-refractivity contribution in [2.75, 3.05) is 12.3 Å². The lowest BCUT2D eigenvalue weighted by Gasteiger charge is -2.34. The summed E-state index contributed by atoms with van der Waals surface area (Å²) in [4.78, 5) is 0. The first-order valence-electron chi connectivity index (χ1n) is 7.45. The van der Waals surface area contributed by atoms with Gasteiger partial charge in [0.15, 0.2) is 0 Å². The molecule has 1 aromatic carbocycles. The Morgan fingerprint density at radius 3 is 2.38 bits per heavy atom. The second kappa shape index (κ2) is 7.05. The van der Waals surface area contributed by atoms with Crippen LogP contribution < -0.4 is 5.32 Å². The van der Waals surface area contributed by atoms with E-state index in [4.69, 9.17) is 0 Å². The lowest BCUT2D eigenvalue weighted by atomic mass is 9.75. The molecule has 2 rings (SSSR count). The number of hydrogen-bond donors (Lipinski definition) is 1. The number of halogens is 3. The minimum absolute atomic E-state index is 0.0926. The highest BCUT2D eigenvalue weighted by atomic mass is 32.2. The van der Waals surface area contributed by atoms with Gasteiger partial charge < -0.3 is 5.32 Å². The minimum atomic E-state index is -4.14. The molecule has 21 heavy (non-hydrogen) atoms. The molecule has 0 amide bonds. The fourth-order valence-corrected chi connectivity index (χ4v) is 3.35. The number of alkyl halides is 3. The molecule has 1 aliphatic carbocycles. The van der Waals surface area contributed by atoms with Gasteiger partial charge in [-0.1, -0.05) is 49.0 Å². The van der Waals surface area contributed by atoms with Crippen molar-refractivity contribution in [1.29, 1.82) is 0 Å². The summed E-state index contributed by atoms with van der Waals surface area (Å²) >= 11 is 0.0926. The summed E-state index contributed by atoms with van der Waals surface area (Å²) < 4.78 is 37.2. The average Bonchev–Trinajstić information content (AvgIpc) is 3.27. The SMILES string of the molecule is CCC(CCSC(F)(F)F)(CNC1CC1)c1ccccc1. The molecule has 5 heteroatoms. The Morgan fingerprint density at radius 1 is 1.19 bits per heavy atom. The summed E-state index contributed by atoms with van der Waals surface area (Å²) in [6.07, 6.45) is 3.75. The van der Waals surface area contributed by atoms with E-state index in [9.17, 15) is 13.2 Å². The Balaban J connectivity index is 2.07. The van der Waals surface area contributed by atoms with E-state index < -0.39 is 5.51 Å².